The molecule has 3 aromatic rings. The molecule has 1 heterocycles. The number of benzene rings is 2. The fourth-order valence-corrected chi connectivity index (χ4v) is 2.42. The number of halogens is 1. The predicted octanol–water partition coefficient (Wildman–Crippen LogP) is 3.24. The number of carbonyl (C=O) groups is 1. The van der Waals surface area contributed by atoms with Crippen molar-refractivity contribution >= 4 is 11.7 Å². The Bertz CT molecular complexity index is 949. The highest BCUT2D eigenvalue weighted by molar-refractivity contribution is 5.89. The van der Waals surface area contributed by atoms with Gasteiger partial charge in [-0.3, -0.25) is 4.79 Å². The first kappa shape index (κ1) is 17.3. The Kier molecular flexibility index (Phi) is 5.07. The zero-order valence-corrected chi connectivity index (χ0v) is 14.1. The van der Waals surface area contributed by atoms with Gasteiger partial charge in [-0.15, -0.1) is 0 Å². The number of nitrogens with zero attached hydrogens (tertiary/aromatic N) is 2. The second kappa shape index (κ2) is 7.60. The van der Waals surface area contributed by atoms with Gasteiger partial charge in [0.1, 0.15) is 5.82 Å². The summed E-state index contributed by atoms with van der Waals surface area (Å²) in [5, 5.41) is 9.16. The van der Waals surface area contributed by atoms with Crippen LogP contribution in [0.3, 0.4) is 0 Å². The van der Waals surface area contributed by atoms with E-state index >= 15 is 0 Å². The number of amides is 2. The van der Waals surface area contributed by atoms with Crippen LogP contribution in [0.5, 0.6) is 0 Å². The number of carbonyl (C=O) groups excluding carboxylic acids is 1. The van der Waals surface area contributed by atoms with E-state index in [-0.39, 0.29) is 17.4 Å². The SMILES string of the molecule is CN(Cc1ccc(F)cc1)C(=O)Nc1cccc(-c2ccc(=O)[nH]n2)c1. The van der Waals surface area contributed by atoms with Gasteiger partial charge >= 0.3 is 6.03 Å². The van der Waals surface area contributed by atoms with Gasteiger partial charge < -0.3 is 10.2 Å². The number of hydrogen-bond acceptors (Lipinski definition) is 3. The minimum absolute atomic E-state index is 0.277. The van der Waals surface area contributed by atoms with Crippen molar-refractivity contribution in [3.63, 3.8) is 0 Å². The normalized spacial score (nSPS) is 10.4. The highest BCUT2D eigenvalue weighted by Gasteiger charge is 2.10. The van der Waals surface area contributed by atoms with Gasteiger partial charge in [-0.25, -0.2) is 14.3 Å². The van der Waals surface area contributed by atoms with Gasteiger partial charge in [-0.2, -0.15) is 5.10 Å². The van der Waals surface area contributed by atoms with Crippen LogP contribution in [0, 0.1) is 5.82 Å². The van der Waals surface area contributed by atoms with E-state index in [2.05, 4.69) is 15.5 Å². The molecule has 0 bridgehead atoms. The van der Waals surface area contributed by atoms with E-state index < -0.39 is 0 Å². The summed E-state index contributed by atoms with van der Waals surface area (Å²) in [6.07, 6.45) is 0. The van der Waals surface area contributed by atoms with Gasteiger partial charge in [0, 0.05) is 30.9 Å². The van der Waals surface area contributed by atoms with Crippen molar-refractivity contribution in [3.8, 4) is 11.3 Å². The van der Waals surface area contributed by atoms with Crippen LogP contribution in [0.4, 0.5) is 14.9 Å². The zero-order chi connectivity index (χ0) is 18.5. The minimum Gasteiger partial charge on any atom is -0.323 e. The lowest BCUT2D eigenvalue weighted by Gasteiger charge is -2.18. The Morgan fingerprint density at radius 2 is 1.92 bits per heavy atom. The van der Waals surface area contributed by atoms with Crippen LogP contribution in [-0.2, 0) is 6.54 Å². The lowest BCUT2D eigenvalue weighted by atomic mass is 10.1. The van der Waals surface area contributed by atoms with E-state index in [1.807, 2.05) is 6.07 Å². The molecule has 7 heteroatoms. The van der Waals surface area contributed by atoms with E-state index in [0.29, 0.717) is 17.9 Å². The number of anilines is 1. The van der Waals surface area contributed by atoms with Gasteiger partial charge in [0.25, 0.3) is 5.56 Å². The quantitative estimate of drug-likeness (QED) is 0.757. The van der Waals surface area contributed by atoms with Gasteiger partial charge in [0.05, 0.1) is 5.69 Å². The second-order valence-corrected chi connectivity index (χ2v) is 5.80. The molecule has 0 saturated carbocycles. The predicted molar refractivity (Wildman–Crippen MR) is 97.2 cm³/mol. The van der Waals surface area contributed by atoms with E-state index in [0.717, 1.165) is 11.1 Å². The van der Waals surface area contributed by atoms with Crippen molar-refractivity contribution in [2.75, 3.05) is 12.4 Å². The topological polar surface area (TPSA) is 78.1 Å². The third kappa shape index (κ3) is 4.32. The molecule has 0 spiro atoms. The molecule has 26 heavy (non-hydrogen) atoms. The third-order valence-electron chi connectivity index (χ3n) is 3.77. The maximum Gasteiger partial charge on any atom is 0.321 e. The van der Waals surface area contributed by atoms with Crippen LogP contribution >= 0.6 is 0 Å². The Labute approximate surface area is 149 Å². The lowest BCUT2D eigenvalue weighted by molar-refractivity contribution is 0.220. The Balaban J connectivity index is 1.68. The van der Waals surface area contributed by atoms with E-state index in [9.17, 15) is 14.0 Å². The number of aromatic nitrogens is 2. The molecule has 0 unspecified atom stereocenters. The molecule has 0 atom stereocenters. The molecule has 2 amide bonds. The average molecular weight is 352 g/mol. The van der Waals surface area contributed by atoms with Crippen LogP contribution < -0.4 is 10.9 Å². The summed E-state index contributed by atoms with van der Waals surface area (Å²) in [6.45, 7) is 0.354. The van der Waals surface area contributed by atoms with Crippen molar-refractivity contribution < 1.29 is 9.18 Å². The van der Waals surface area contributed by atoms with Crippen LogP contribution in [0.1, 0.15) is 5.56 Å². The van der Waals surface area contributed by atoms with Crippen LogP contribution in [-0.4, -0.2) is 28.2 Å². The van der Waals surface area contributed by atoms with Gasteiger partial charge in [-0.1, -0.05) is 24.3 Å². The zero-order valence-electron chi connectivity index (χ0n) is 14.1. The van der Waals surface area contributed by atoms with Crippen LogP contribution in [0.15, 0.2) is 65.5 Å². The number of aromatic amines is 1. The molecular weight excluding hydrogens is 335 g/mol. The van der Waals surface area contributed by atoms with Gasteiger partial charge in [0.2, 0.25) is 0 Å². The Morgan fingerprint density at radius 3 is 2.62 bits per heavy atom. The van der Waals surface area contributed by atoms with Crippen molar-refractivity contribution in [1.82, 2.24) is 15.1 Å². The molecule has 0 radical (unpaired) electrons. The smallest absolute Gasteiger partial charge is 0.321 e. The van der Waals surface area contributed by atoms with Gasteiger partial charge in [0.15, 0.2) is 0 Å². The largest absolute Gasteiger partial charge is 0.323 e. The van der Waals surface area contributed by atoms with E-state index in [1.54, 1.807) is 43.4 Å². The molecule has 0 saturated heterocycles. The molecule has 2 aromatic carbocycles. The molecule has 0 aliphatic heterocycles. The molecule has 3 rings (SSSR count). The molecule has 0 aliphatic rings. The number of H-pyrrole nitrogens is 1. The summed E-state index contributed by atoms with van der Waals surface area (Å²) in [5.74, 6) is -0.312. The van der Waals surface area contributed by atoms with Gasteiger partial charge in [-0.05, 0) is 35.9 Å². The number of urea groups is 1. The van der Waals surface area contributed by atoms with Crippen molar-refractivity contribution in [1.29, 1.82) is 0 Å². The summed E-state index contributed by atoms with van der Waals surface area (Å²) in [5.41, 5.74) is 2.52. The van der Waals surface area contributed by atoms with Crippen molar-refractivity contribution in [2.45, 2.75) is 6.54 Å². The third-order valence-corrected chi connectivity index (χ3v) is 3.77. The first-order chi connectivity index (χ1) is 12.5. The lowest BCUT2D eigenvalue weighted by Crippen LogP contribution is -2.30. The fourth-order valence-electron chi connectivity index (χ4n) is 2.42. The van der Waals surface area contributed by atoms with Crippen molar-refractivity contribution in [2.24, 2.45) is 0 Å². The monoisotopic (exact) mass is 352 g/mol. The summed E-state index contributed by atoms with van der Waals surface area (Å²) < 4.78 is 13.0. The first-order valence-corrected chi connectivity index (χ1v) is 7.94. The summed E-state index contributed by atoms with van der Waals surface area (Å²) in [7, 11) is 1.66. The summed E-state index contributed by atoms with van der Waals surface area (Å²) in [6, 6.07) is 15.9. The molecule has 0 aliphatic carbocycles. The number of rotatable bonds is 4. The Hall–Kier alpha value is -3.48. The highest BCUT2D eigenvalue weighted by Crippen LogP contribution is 2.20. The highest BCUT2D eigenvalue weighted by atomic mass is 19.1. The summed E-state index contributed by atoms with van der Waals surface area (Å²) >= 11 is 0. The maximum absolute atomic E-state index is 13.0. The maximum atomic E-state index is 13.0. The van der Waals surface area contributed by atoms with Crippen LogP contribution in [0.2, 0.25) is 0 Å². The van der Waals surface area contributed by atoms with E-state index in [1.165, 1.54) is 23.1 Å². The minimum atomic E-state index is -0.312. The number of nitrogens with one attached hydrogen (secondary N) is 2. The standard InChI is InChI=1S/C19H17FN4O2/c1-24(12-13-5-7-15(20)8-6-13)19(26)21-16-4-2-3-14(11-16)17-9-10-18(25)23-22-17/h2-11H,12H2,1H3,(H,21,26)(H,23,25). The fraction of sp³-hybridized carbons (Fsp3) is 0.105. The van der Waals surface area contributed by atoms with Crippen LogP contribution in [0.25, 0.3) is 11.3 Å². The van der Waals surface area contributed by atoms with E-state index in [4.69, 9.17) is 0 Å². The summed E-state index contributed by atoms with van der Waals surface area (Å²) in [4.78, 5) is 25.0. The molecule has 132 valence electrons. The van der Waals surface area contributed by atoms with Crippen molar-refractivity contribution in [3.05, 3.63) is 82.4 Å². The molecular formula is C19H17FN4O2. The second-order valence-electron chi connectivity index (χ2n) is 5.80. The number of hydrogen-bond donors (Lipinski definition) is 2. The average Bonchev–Trinajstić information content (AvgIpc) is 2.64. The molecule has 0 fully saturated rings. The first-order valence-electron chi connectivity index (χ1n) is 7.94. The molecule has 2 N–H and O–H groups in total. The molecule has 6 nitrogen and oxygen atoms in total. The molecule has 1 aromatic heterocycles. The Morgan fingerprint density at radius 1 is 1.15 bits per heavy atom.